The van der Waals surface area contributed by atoms with Crippen molar-refractivity contribution in [2.24, 2.45) is 5.92 Å². The summed E-state index contributed by atoms with van der Waals surface area (Å²) in [4.78, 5) is 12.6. The minimum Gasteiger partial charge on any atom is -0.493 e. The maximum absolute atomic E-state index is 12.6. The largest absolute Gasteiger partial charge is 0.493 e. The van der Waals surface area contributed by atoms with E-state index in [2.05, 4.69) is 19.2 Å². The number of nitriles is 1. The number of methoxy groups -OCH3 is 1. The zero-order valence-corrected chi connectivity index (χ0v) is 17.7. The van der Waals surface area contributed by atoms with Crippen LogP contribution in [0.1, 0.15) is 37.0 Å². The van der Waals surface area contributed by atoms with Gasteiger partial charge in [0, 0.05) is 5.69 Å². The normalized spacial score (nSPS) is 11.1. The Hall–Kier alpha value is -3.26. The van der Waals surface area contributed by atoms with Gasteiger partial charge in [-0.25, -0.2) is 0 Å². The van der Waals surface area contributed by atoms with Crippen molar-refractivity contribution in [2.45, 2.75) is 34.1 Å². The molecule has 0 bridgehead atoms. The molecule has 152 valence electrons. The van der Waals surface area contributed by atoms with Crippen LogP contribution >= 0.6 is 0 Å². The highest BCUT2D eigenvalue weighted by molar-refractivity contribution is 6.10. The average molecular weight is 392 g/mol. The van der Waals surface area contributed by atoms with E-state index < -0.39 is 5.91 Å². The van der Waals surface area contributed by atoms with Gasteiger partial charge >= 0.3 is 0 Å². The van der Waals surface area contributed by atoms with E-state index in [-0.39, 0.29) is 5.57 Å². The smallest absolute Gasteiger partial charge is 0.266 e. The summed E-state index contributed by atoms with van der Waals surface area (Å²) in [6, 6.07) is 13.1. The van der Waals surface area contributed by atoms with Crippen molar-refractivity contribution < 1.29 is 14.3 Å². The van der Waals surface area contributed by atoms with Gasteiger partial charge in [0.25, 0.3) is 5.91 Å². The Morgan fingerprint density at radius 3 is 2.55 bits per heavy atom. The van der Waals surface area contributed by atoms with E-state index in [1.165, 1.54) is 0 Å². The van der Waals surface area contributed by atoms with Crippen molar-refractivity contribution in [1.29, 1.82) is 5.26 Å². The molecule has 0 saturated heterocycles. The number of amides is 1. The van der Waals surface area contributed by atoms with Crippen molar-refractivity contribution in [3.8, 4) is 17.6 Å². The van der Waals surface area contributed by atoms with E-state index in [1.807, 2.05) is 38.1 Å². The van der Waals surface area contributed by atoms with Crippen LogP contribution in [0.25, 0.3) is 6.08 Å². The lowest BCUT2D eigenvalue weighted by Gasteiger charge is -2.12. The highest BCUT2D eigenvalue weighted by atomic mass is 16.5. The van der Waals surface area contributed by atoms with Gasteiger partial charge in [-0.2, -0.15) is 5.26 Å². The van der Waals surface area contributed by atoms with E-state index >= 15 is 0 Å². The van der Waals surface area contributed by atoms with Crippen LogP contribution in [0.5, 0.6) is 11.5 Å². The second-order valence-corrected chi connectivity index (χ2v) is 7.38. The van der Waals surface area contributed by atoms with Crippen LogP contribution in [-0.2, 0) is 4.79 Å². The molecule has 2 aromatic rings. The van der Waals surface area contributed by atoms with Crippen LogP contribution in [0.15, 0.2) is 42.0 Å². The molecule has 0 saturated carbocycles. The number of carbonyl (C=O) groups is 1. The molecule has 0 fully saturated rings. The van der Waals surface area contributed by atoms with E-state index in [0.29, 0.717) is 35.3 Å². The summed E-state index contributed by atoms with van der Waals surface area (Å²) in [6.07, 6.45) is 2.49. The highest BCUT2D eigenvalue weighted by Gasteiger charge is 2.12. The third-order valence-corrected chi connectivity index (χ3v) is 4.45. The SMILES string of the molecule is COc1cc(/C=C(\C#N)C(=O)Nc2ccc(C)cc2C)ccc1OCCC(C)C. The lowest BCUT2D eigenvalue weighted by Crippen LogP contribution is -2.14. The Bertz CT molecular complexity index is 940. The predicted molar refractivity (Wildman–Crippen MR) is 116 cm³/mol. The fraction of sp³-hybridized carbons (Fsp3) is 0.333. The molecule has 0 aliphatic heterocycles. The molecule has 29 heavy (non-hydrogen) atoms. The number of rotatable bonds is 8. The standard InChI is InChI=1S/C24H28N2O3/c1-16(2)10-11-29-22-9-7-19(14-23(22)28-5)13-20(15-25)24(27)26-21-8-6-17(3)12-18(21)4/h6-9,12-14,16H,10-11H2,1-5H3,(H,26,27)/b20-13+. The van der Waals surface area contributed by atoms with Crippen molar-refractivity contribution in [3.63, 3.8) is 0 Å². The van der Waals surface area contributed by atoms with Crippen molar-refractivity contribution >= 4 is 17.7 Å². The summed E-state index contributed by atoms with van der Waals surface area (Å²) < 4.78 is 11.2. The molecule has 0 spiro atoms. The van der Waals surface area contributed by atoms with Gasteiger partial charge in [0.1, 0.15) is 11.6 Å². The number of anilines is 1. The number of aryl methyl sites for hydroxylation is 2. The van der Waals surface area contributed by atoms with Gasteiger partial charge in [0.15, 0.2) is 11.5 Å². The fourth-order valence-corrected chi connectivity index (χ4v) is 2.76. The topological polar surface area (TPSA) is 71.3 Å². The minimum absolute atomic E-state index is 0.0144. The second kappa shape index (κ2) is 10.3. The molecule has 0 aliphatic carbocycles. The maximum Gasteiger partial charge on any atom is 0.266 e. The Labute approximate surface area is 173 Å². The summed E-state index contributed by atoms with van der Waals surface area (Å²) in [5.41, 5.74) is 3.44. The van der Waals surface area contributed by atoms with Crippen LogP contribution in [0, 0.1) is 31.1 Å². The summed E-state index contributed by atoms with van der Waals surface area (Å²) in [5, 5.41) is 12.3. The second-order valence-electron chi connectivity index (χ2n) is 7.38. The van der Waals surface area contributed by atoms with E-state index in [0.717, 1.165) is 17.5 Å². The Morgan fingerprint density at radius 1 is 1.17 bits per heavy atom. The molecule has 0 aromatic heterocycles. The van der Waals surface area contributed by atoms with Gasteiger partial charge in [-0.1, -0.05) is 37.6 Å². The molecule has 0 heterocycles. The molecule has 0 radical (unpaired) electrons. The number of benzene rings is 2. The first kappa shape index (κ1) is 22.0. The molecular formula is C24H28N2O3. The molecule has 0 aliphatic rings. The number of ether oxygens (including phenoxy) is 2. The molecule has 0 unspecified atom stereocenters. The third kappa shape index (κ3) is 6.39. The fourth-order valence-electron chi connectivity index (χ4n) is 2.76. The molecule has 1 amide bonds. The average Bonchev–Trinajstić information content (AvgIpc) is 2.68. The van der Waals surface area contributed by atoms with Gasteiger partial charge in [-0.15, -0.1) is 0 Å². The van der Waals surface area contributed by atoms with Crippen molar-refractivity contribution in [1.82, 2.24) is 0 Å². The van der Waals surface area contributed by atoms with Crippen LogP contribution in [0.4, 0.5) is 5.69 Å². The van der Waals surface area contributed by atoms with Gasteiger partial charge in [0.05, 0.1) is 13.7 Å². The van der Waals surface area contributed by atoms with Crippen molar-refractivity contribution in [2.75, 3.05) is 19.0 Å². The van der Waals surface area contributed by atoms with Crippen LogP contribution in [-0.4, -0.2) is 19.6 Å². The van der Waals surface area contributed by atoms with E-state index in [9.17, 15) is 10.1 Å². The summed E-state index contributed by atoms with van der Waals surface area (Å²) in [7, 11) is 1.57. The van der Waals surface area contributed by atoms with E-state index in [4.69, 9.17) is 9.47 Å². The molecule has 2 aromatic carbocycles. The minimum atomic E-state index is -0.448. The summed E-state index contributed by atoms with van der Waals surface area (Å²) >= 11 is 0. The van der Waals surface area contributed by atoms with E-state index in [1.54, 1.807) is 31.4 Å². The van der Waals surface area contributed by atoms with Gasteiger partial charge in [0.2, 0.25) is 0 Å². The third-order valence-electron chi connectivity index (χ3n) is 4.45. The zero-order chi connectivity index (χ0) is 21.4. The van der Waals surface area contributed by atoms with Crippen LogP contribution < -0.4 is 14.8 Å². The molecule has 5 heteroatoms. The summed E-state index contributed by atoms with van der Waals surface area (Å²) in [6.45, 7) is 8.79. The molecule has 0 atom stereocenters. The number of carbonyl (C=O) groups excluding carboxylic acids is 1. The predicted octanol–water partition coefficient (Wildman–Crippen LogP) is 5.28. The number of hydrogen-bond donors (Lipinski definition) is 1. The lowest BCUT2D eigenvalue weighted by molar-refractivity contribution is -0.112. The summed E-state index contributed by atoms with van der Waals surface area (Å²) in [5.74, 6) is 1.31. The first-order valence-electron chi connectivity index (χ1n) is 9.65. The number of nitrogens with one attached hydrogen (secondary N) is 1. The molecule has 1 N–H and O–H groups in total. The Morgan fingerprint density at radius 2 is 1.93 bits per heavy atom. The Kier molecular flexibility index (Phi) is 7.85. The van der Waals surface area contributed by atoms with Crippen LogP contribution in [0.2, 0.25) is 0 Å². The van der Waals surface area contributed by atoms with Crippen molar-refractivity contribution in [3.05, 3.63) is 58.7 Å². The number of nitrogens with zero attached hydrogens (tertiary/aromatic N) is 1. The van der Waals surface area contributed by atoms with Crippen LogP contribution in [0.3, 0.4) is 0 Å². The maximum atomic E-state index is 12.6. The van der Waals surface area contributed by atoms with Gasteiger partial charge in [-0.05, 0) is 61.6 Å². The first-order chi connectivity index (χ1) is 13.8. The zero-order valence-electron chi connectivity index (χ0n) is 17.7. The molecular weight excluding hydrogens is 364 g/mol. The lowest BCUT2D eigenvalue weighted by atomic mass is 10.1. The monoisotopic (exact) mass is 392 g/mol. The quantitative estimate of drug-likeness (QED) is 0.490. The Balaban J connectivity index is 2.18. The first-order valence-corrected chi connectivity index (χ1v) is 9.65. The number of hydrogen-bond acceptors (Lipinski definition) is 4. The van der Waals surface area contributed by atoms with Gasteiger partial charge < -0.3 is 14.8 Å². The highest BCUT2D eigenvalue weighted by Crippen LogP contribution is 2.29. The molecule has 2 rings (SSSR count). The molecule has 5 nitrogen and oxygen atoms in total. The van der Waals surface area contributed by atoms with Gasteiger partial charge in [-0.3, -0.25) is 4.79 Å².